The van der Waals surface area contributed by atoms with Gasteiger partial charge in [-0.2, -0.15) is 4.98 Å². The number of hydrogen-bond acceptors (Lipinski definition) is 6. The third-order valence-electron chi connectivity index (χ3n) is 3.05. The molecule has 3 rings (SSSR count). The lowest BCUT2D eigenvalue weighted by Gasteiger charge is -2.06. The lowest BCUT2D eigenvalue weighted by atomic mass is 10.3. The summed E-state index contributed by atoms with van der Waals surface area (Å²) in [5.74, 6) is 0.407. The number of aromatic nitrogens is 4. The fourth-order valence-corrected chi connectivity index (χ4v) is 2.64. The maximum Gasteiger partial charge on any atom is 0.301 e. The smallest absolute Gasteiger partial charge is 0.301 e. The first-order chi connectivity index (χ1) is 10.5. The SMILES string of the molecule is COc1ccc(-n2c(Br)nc3c(=O)nc(N)[nH]c(=O)c32)cc1. The summed E-state index contributed by atoms with van der Waals surface area (Å²) in [6.45, 7) is 0. The molecule has 1 aromatic carbocycles. The standard InChI is InChI=1S/C13H10BrN5O3/c1-22-7-4-2-6(3-5-7)19-9-8(16-12(19)14)10(20)17-13(15)18-11(9)21/h2-5H,1H3,(H3,15,17,18,20,21). The Bertz CT molecular complexity index is 978. The normalized spacial score (nSPS) is 10.8. The number of nitrogens with two attached hydrogens (primary N) is 1. The minimum atomic E-state index is -0.682. The van der Waals surface area contributed by atoms with Gasteiger partial charge in [0.2, 0.25) is 5.95 Å². The number of ether oxygens (including phenoxy) is 1. The molecule has 3 N–H and O–H groups in total. The molecule has 0 amide bonds. The van der Waals surface area contributed by atoms with Crippen molar-refractivity contribution >= 4 is 32.9 Å². The Morgan fingerprint density at radius 2 is 1.91 bits per heavy atom. The van der Waals surface area contributed by atoms with Crippen LogP contribution in [0.5, 0.6) is 5.75 Å². The first kappa shape index (κ1) is 14.3. The van der Waals surface area contributed by atoms with Gasteiger partial charge in [0.15, 0.2) is 10.3 Å². The van der Waals surface area contributed by atoms with Crippen LogP contribution in [0.1, 0.15) is 0 Å². The van der Waals surface area contributed by atoms with Crippen LogP contribution in [-0.4, -0.2) is 26.6 Å². The zero-order valence-corrected chi connectivity index (χ0v) is 12.9. The molecule has 0 aliphatic carbocycles. The third kappa shape index (κ3) is 2.25. The number of imidazole rings is 1. The van der Waals surface area contributed by atoms with Crippen LogP contribution < -0.4 is 21.6 Å². The van der Waals surface area contributed by atoms with Crippen molar-refractivity contribution in [2.45, 2.75) is 0 Å². The Kier molecular flexibility index (Phi) is 3.41. The number of nitrogens with zero attached hydrogens (tertiary/aromatic N) is 3. The van der Waals surface area contributed by atoms with E-state index in [-0.39, 0.29) is 17.0 Å². The molecular formula is C13H10BrN5O3. The fraction of sp³-hybridized carbons (Fsp3) is 0.0769. The van der Waals surface area contributed by atoms with Crippen LogP contribution in [0.4, 0.5) is 5.95 Å². The molecular weight excluding hydrogens is 354 g/mol. The van der Waals surface area contributed by atoms with Crippen molar-refractivity contribution in [2.75, 3.05) is 12.8 Å². The van der Waals surface area contributed by atoms with Gasteiger partial charge in [0.1, 0.15) is 11.3 Å². The zero-order chi connectivity index (χ0) is 15.9. The maximum atomic E-state index is 12.3. The van der Waals surface area contributed by atoms with Crippen LogP contribution in [-0.2, 0) is 0 Å². The number of benzene rings is 1. The molecule has 22 heavy (non-hydrogen) atoms. The predicted molar refractivity (Wildman–Crippen MR) is 84.4 cm³/mol. The fourth-order valence-electron chi connectivity index (χ4n) is 2.08. The van der Waals surface area contributed by atoms with Gasteiger partial charge in [-0.3, -0.25) is 19.1 Å². The maximum absolute atomic E-state index is 12.3. The van der Waals surface area contributed by atoms with Crippen molar-refractivity contribution in [1.82, 2.24) is 19.5 Å². The Labute approximate surface area is 131 Å². The van der Waals surface area contributed by atoms with Gasteiger partial charge in [-0.15, -0.1) is 0 Å². The molecule has 0 fully saturated rings. The van der Waals surface area contributed by atoms with Gasteiger partial charge in [0, 0.05) is 5.69 Å². The van der Waals surface area contributed by atoms with Crippen molar-refractivity contribution in [3.05, 3.63) is 49.7 Å². The Balaban J connectivity index is 2.41. The summed E-state index contributed by atoms with van der Waals surface area (Å²) in [6, 6.07) is 6.93. The first-order valence-corrected chi connectivity index (χ1v) is 6.93. The van der Waals surface area contributed by atoms with Gasteiger partial charge < -0.3 is 10.5 Å². The summed E-state index contributed by atoms with van der Waals surface area (Å²) in [6.07, 6.45) is 0. The van der Waals surface area contributed by atoms with Gasteiger partial charge in [0.25, 0.3) is 5.56 Å². The zero-order valence-electron chi connectivity index (χ0n) is 11.3. The second-order valence-electron chi connectivity index (χ2n) is 4.37. The molecule has 0 aliphatic rings. The van der Waals surface area contributed by atoms with E-state index in [4.69, 9.17) is 10.5 Å². The number of nitrogens with one attached hydrogen (secondary N) is 1. The topological polar surface area (TPSA) is 116 Å². The second-order valence-corrected chi connectivity index (χ2v) is 5.08. The van der Waals surface area contributed by atoms with Gasteiger partial charge >= 0.3 is 5.56 Å². The molecule has 8 nitrogen and oxygen atoms in total. The molecule has 9 heteroatoms. The highest BCUT2D eigenvalue weighted by Gasteiger charge is 2.16. The lowest BCUT2D eigenvalue weighted by molar-refractivity contribution is 0.415. The van der Waals surface area contributed by atoms with E-state index in [2.05, 4.69) is 30.9 Å². The van der Waals surface area contributed by atoms with Gasteiger partial charge in [-0.05, 0) is 40.2 Å². The highest BCUT2D eigenvalue weighted by Crippen LogP contribution is 2.22. The van der Waals surface area contributed by atoms with Crippen LogP contribution >= 0.6 is 15.9 Å². The molecule has 0 bridgehead atoms. The molecule has 112 valence electrons. The number of aromatic amines is 1. The van der Waals surface area contributed by atoms with Crippen molar-refractivity contribution in [2.24, 2.45) is 0 Å². The first-order valence-electron chi connectivity index (χ1n) is 6.13. The second kappa shape index (κ2) is 5.26. The summed E-state index contributed by atoms with van der Waals surface area (Å²) >= 11 is 3.25. The molecule has 0 aliphatic heterocycles. The average Bonchev–Trinajstić information content (AvgIpc) is 2.80. The quantitative estimate of drug-likeness (QED) is 0.696. The van der Waals surface area contributed by atoms with Crippen LogP contribution in [0.3, 0.4) is 0 Å². The number of methoxy groups -OCH3 is 1. The number of nitrogen functional groups attached to an aromatic ring is 1. The van der Waals surface area contributed by atoms with E-state index < -0.39 is 11.1 Å². The molecule has 0 radical (unpaired) electrons. The number of H-pyrrole nitrogens is 1. The van der Waals surface area contributed by atoms with E-state index in [9.17, 15) is 9.59 Å². The molecule has 0 spiro atoms. The van der Waals surface area contributed by atoms with Gasteiger partial charge in [-0.1, -0.05) is 0 Å². The minimum absolute atomic E-state index is 0.0613. The largest absolute Gasteiger partial charge is 0.497 e. The Hall–Kier alpha value is -2.68. The summed E-state index contributed by atoms with van der Waals surface area (Å²) in [4.78, 5) is 34.2. The third-order valence-corrected chi connectivity index (χ3v) is 3.58. The van der Waals surface area contributed by atoms with E-state index in [1.807, 2.05) is 0 Å². The van der Waals surface area contributed by atoms with Crippen molar-refractivity contribution in [3.63, 3.8) is 0 Å². The number of halogens is 1. The monoisotopic (exact) mass is 363 g/mol. The number of rotatable bonds is 2. The molecule has 0 unspecified atom stereocenters. The molecule has 2 heterocycles. The van der Waals surface area contributed by atoms with E-state index in [1.165, 1.54) is 4.57 Å². The Morgan fingerprint density at radius 3 is 2.55 bits per heavy atom. The lowest BCUT2D eigenvalue weighted by Crippen LogP contribution is -2.09. The minimum Gasteiger partial charge on any atom is -0.497 e. The van der Waals surface area contributed by atoms with Crippen LogP contribution in [0.25, 0.3) is 16.7 Å². The molecule has 0 saturated carbocycles. The molecule has 3 aromatic rings. The summed E-state index contributed by atoms with van der Waals surface area (Å²) in [7, 11) is 1.56. The average molecular weight is 364 g/mol. The highest BCUT2D eigenvalue weighted by atomic mass is 79.9. The molecule has 0 atom stereocenters. The molecule has 2 aromatic heterocycles. The molecule has 0 saturated heterocycles. The van der Waals surface area contributed by atoms with Crippen LogP contribution in [0, 0.1) is 0 Å². The van der Waals surface area contributed by atoms with Crippen LogP contribution in [0.15, 0.2) is 38.6 Å². The van der Waals surface area contributed by atoms with E-state index in [1.54, 1.807) is 31.4 Å². The van der Waals surface area contributed by atoms with Gasteiger partial charge in [-0.25, -0.2) is 4.98 Å². The van der Waals surface area contributed by atoms with Crippen molar-refractivity contribution in [3.8, 4) is 11.4 Å². The summed E-state index contributed by atoms with van der Waals surface area (Å²) in [5, 5.41) is 0. The van der Waals surface area contributed by atoms with Crippen molar-refractivity contribution in [1.29, 1.82) is 0 Å². The number of hydrogen-bond donors (Lipinski definition) is 2. The number of anilines is 1. The summed E-state index contributed by atoms with van der Waals surface area (Å²) in [5.41, 5.74) is 4.83. The van der Waals surface area contributed by atoms with E-state index >= 15 is 0 Å². The predicted octanol–water partition coefficient (Wildman–Crippen LogP) is 0.822. The summed E-state index contributed by atoms with van der Waals surface area (Å²) < 4.78 is 6.90. The Morgan fingerprint density at radius 1 is 1.23 bits per heavy atom. The number of fused-ring (bicyclic) bond motifs is 1. The van der Waals surface area contributed by atoms with Crippen molar-refractivity contribution < 1.29 is 4.74 Å². The van der Waals surface area contributed by atoms with Crippen LogP contribution in [0.2, 0.25) is 0 Å². The van der Waals surface area contributed by atoms with E-state index in [0.717, 1.165) is 0 Å². The van der Waals surface area contributed by atoms with E-state index in [0.29, 0.717) is 16.2 Å². The van der Waals surface area contributed by atoms with Gasteiger partial charge in [0.05, 0.1) is 7.11 Å². The highest BCUT2D eigenvalue weighted by molar-refractivity contribution is 9.10.